The molecule has 4 aromatic rings. The van der Waals surface area contributed by atoms with E-state index in [4.69, 9.17) is 0 Å². The van der Waals surface area contributed by atoms with Crippen LogP contribution in [0.15, 0.2) is 60.1 Å². The lowest BCUT2D eigenvalue weighted by atomic mass is 10.1. The Labute approximate surface area is 149 Å². The molecule has 1 N–H and O–H groups in total. The van der Waals surface area contributed by atoms with E-state index < -0.39 is 0 Å². The van der Waals surface area contributed by atoms with Gasteiger partial charge in [-0.2, -0.15) is 0 Å². The molecule has 2 aromatic heterocycles. The maximum absolute atomic E-state index is 12.3. The number of anilines is 1. The highest BCUT2D eigenvalue weighted by Crippen LogP contribution is 2.24. The largest absolute Gasteiger partial charge is 0.322 e. The number of aryl methyl sites for hydroxylation is 2. The standard InChI is InChI=1S/C20H17N3OS/c1-13-3-5-16(6-4-13)19(24)21-17-9-7-15(8-10-17)18-11-23-14(2)12-25-20(23)22-18/h3-12H,1-2H3,(H,21,24). The van der Waals surface area contributed by atoms with Crippen molar-refractivity contribution in [3.8, 4) is 11.3 Å². The summed E-state index contributed by atoms with van der Waals surface area (Å²) in [5, 5.41) is 5.02. The smallest absolute Gasteiger partial charge is 0.255 e. The molecule has 2 heterocycles. The topological polar surface area (TPSA) is 46.4 Å². The molecule has 0 saturated heterocycles. The molecule has 0 saturated carbocycles. The summed E-state index contributed by atoms with van der Waals surface area (Å²) in [6.45, 7) is 4.07. The second kappa shape index (κ2) is 6.18. The van der Waals surface area contributed by atoms with Gasteiger partial charge in [0.1, 0.15) is 0 Å². The first kappa shape index (κ1) is 15.6. The van der Waals surface area contributed by atoms with Crippen LogP contribution in [0, 0.1) is 13.8 Å². The molecule has 0 aliphatic rings. The van der Waals surface area contributed by atoms with Crippen molar-refractivity contribution in [3.63, 3.8) is 0 Å². The fourth-order valence-electron chi connectivity index (χ4n) is 2.67. The summed E-state index contributed by atoms with van der Waals surface area (Å²) in [6.07, 6.45) is 2.04. The molecule has 0 radical (unpaired) electrons. The van der Waals surface area contributed by atoms with Crippen LogP contribution in [0.5, 0.6) is 0 Å². The third-order valence-corrected chi connectivity index (χ3v) is 5.10. The van der Waals surface area contributed by atoms with Crippen molar-refractivity contribution in [2.24, 2.45) is 0 Å². The molecule has 0 unspecified atom stereocenters. The highest BCUT2D eigenvalue weighted by atomic mass is 32.1. The van der Waals surface area contributed by atoms with Crippen molar-refractivity contribution in [1.82, 2.24) is 9.38 Å². The fraction of sp³-hybridized carbons (Fsp3) is 0.100. The van der Waals surface area contributed by atoms with Crippen LogP contribution in [-0.4, -0.2) is 15.3 Å². The number of amides is 1. The molecule has 0 fully saturated rings. The number of nitrogens with one attached hydrogen (secondary N) is 1. The van der Waals surface area contributed by atoms with Gasteiger partial charge in [0.2, 0.25) is 0 Å². The van der Waals surface area contributed by atoms with Crippen LogP contribution in [0.2, 0.25) is 0 Å². The van der Waals surface area contributed by atoms with Crippen molar-refractivity contribution in [2.75, 3.05) is 5.32 Å². The molecule has 0 aliphatic heterocycles. The first-order chi connectivity index (χ1) is 12.1. The van der Waals surface area contributed by atoms with Gasteiger partial charge in [-0.05, 0) is 38.1 Å². The number of imidazole rings is 1. The lowest BCUT2D eigenvalue weighted by Crippen LogP contribution is -2.11. The summed E-state index contributed by atoms with van der Waals surface area (Å²) in [6, 6.07) is 15.3. The molecule has 0 spiro atoms. The molecular weight excluding hydrogens is 330 g/mol. The maximum atomic E-state index is 12.3. The van der Waals surface area contributed by atoms with E-state index in [9.17, 15) is 4.79 Å². The zero-order valence-electron chi connectivity index (χ0n) is 14.0. The van der Waals surface area contributed by atoms with E-state index in [1.54, 1.807) is 11.3 Å². The predicted octanol–water partition coefficient (Wildman–Crippen LogP) is 4.93. The summed E-state index contributed by atoms with van der Waals surface area (Å²) >= 11 is 1.63. The minimum atomic E-state index is -0.106. The van der Waals surface area contributed by atoms with E-state index in [0.717, 1.165) is 27.5 Å². The minimum Gasteiger partial charge on any atom is -0.322 e. The lowest BCUT2D eigenvalue weighted by molar-refractivity contribution is 0.102. The van der Waals surface area contributed by atoms with Gasteiger partial charge in [0.15, 0.2) is 4.96 Å². The second-order valence-electron chi connectivity index (χ2n) is 6.05. The number of fused-ring (bicyclic) bond motifs is 1. The van der Waals surface area contributed by atoms with Crippen molar-refractivity contribution >= 4 is 27.9 Å². The first-order valence-corrected chi connectivity index (χ1v) is 8.90. The van der Waals surface area contributed by atoms with Crippen LogP contribution in [0.1, 0.15) is 21.6 Å². The van der Waals surface area contributed by atoms with Crippen molar-refractivity contribution in [2.45, 2.75) is 13.8 Å². The highest BCUT2D eigenvalue weighted by Gasteiger charge is 2.09. The molecule has 5 heteroatoms. The quantitative estimate of drug-likeness (QED) is 0.571. The van der Waals surface area contributed by atoms with Crippen LogP contribution in [0.25, 0.3) is 16.2 Å². The maximum Gasteiger partial charge on any atom is 0.255 e. The number of benzene rings is 2. The van der Waals surface area contributed by atoms with Crippen LogP contribution in [0.4, 0.5) is 5.69 Å². The summed E-state index contributed by atoms with van der Waals surface area (Å²) in [5.41, 5.74) is 5.71. The number of aromatic nitrogens is 2. The number of hydrogen-bond donors (Lipinski definition) is 1. The Hall–Kier alpha value is -2.92. The summed E-state index contributed by atoms with van der Waals surface area (Å²) < 4.78 is 2.09. The number of rotatable bonds is 3. The molecule has 0 aliphatic carbocycles. The lowest BCUT2D eigenvalue weighted by Gasteiger charge is -2.06. The van der Waals surface area contributed by atoms with Gasteiger partial charge in [0.25, 0.3) is 5.91 Å². The van der Waals surface area contributed by atoms with E-state index in [0.29, 0.717) is 5.56 Å². The highest BCUT2D eigenvalue weighted by molar-refractivity contribution is 7.15. The van der Waals surface area contributed by atoms with Crippen LogP contribution in [0.3, 0.4) is 0 Å². The summed E-state index contributed by atoms with van der Waals surface area (Å²) in [4.78, 5) is 17.9. The molecule has 4 nitrogen and oxygen atoms in total. The number of thiazole rings is 1. The van der Waals surface area contributed by atoms with Gasteiger partial charge >= 0.3 is 0 Å². The Balaban J connectivity index is 1.53. The average Bonchev–Trinajstić information content (AvgIpc) is 3.18. The first-order valence-electron chi connectivity index (χ1n) is 8.02. The average molecular weight is 347 g/mol. The molecular formula is C20H17N3OS. The Morgan fingerprint density at radius 2 is 1.76 bits per heavy atom. The van der Waals surface area contributed by atoms with E-state index in [1.807, 2.05) is 61.7 Å². The Morgan fingerprint density at radius 1 is 1.04 bits per heavy atom. The normalized spacial score (nSPS) is 11.0. The predicted molar refractivity (Wildman–Crippen MR) is 102 cm³/mol. The van der Waals surface area contributed by atoms with Gasteiger partial charge in [-0.1, -0.05) is 29.8 Å². The number of carbonyl (C=O) groups excluding carboxylic acids is 1. The third-order valence-electron chi connectivity index (χ3n) is 4.14. The van der Waals surface area contributed by atoms with Crippen LogP contribution >= 0.6 is 11.3 Å². The van der Waals surface area contributed by atoms with Gasteiger partial charge in [-0.25, -0.2) is 4.98 Å². The fourth-order valence-corrected chi connectivity index (χ4v) is 3.52. The van der Waals surface area contributed by atoms with Crippen LogP contribution < -0.4 is 5.32 Å². The summed E-state index contributed by atoms with van der Waals surface area (Å²) in [7, 11) is 0. The van der Waals surface area contributed by atoms with Gasteiger partial charge in [0, 0.05) is 34.1 Å². The zero-order chi connectivity index (χ0) is 17.4. The number of nitrogens with zero attached hydrogens (tertiary/aromatic N) is 2. The SMILES string of the molecule is Cc1ccc(C(=O)Nc2ccc(-c3cn4c(C)csc4n3)cc2)cc1. The molecule has 4 rings (SSSR count). The van der Waals surface area contributed by atoms with Gasteiger partial charge in [-0.15, -0.1) is 11.3 Å². The summed E-state index contributed by atoms with van der Waals surface area (Å²) in [5.74, 6) is -0.106. The van der Waals surface area contributed by atoms with E-state index in [2.05, 4.69) is 27.0 Å². The Kier molecular flexibility index (Phi) is 3.86. The molecule has 2 aromatic carbocycles. The van der Waals surface area contributed by atoms with Crippen molar-refractivity contribution in [3.05, 3.63) is 76.9 Å². The van der Waals surface area contributed by atoms with Crippen LogP contribution in [-0.2, 0) is 0 Å². The monoisotopic (exact) mass is 347 g/mol. The van der Waals surface area contributed by atoms with E-state index in [1.165, 1.54) is 5.69 Å². The van der Waals surface area contributed by atoms with Gasteiger partial charge in [0.05, 0.1) is 5.69 Å². The van der Waals surface area contributed by atoms with Crippen molar-refractivity contribution in [1.29, 1.82) is 0 Å². The molecule has 1 amide bonds. The Bertz CT molecular complexity index is 1040. The van der Waals surface area contributed by atoms with Crippen molar-refractivity contribution < 1.29 is 4.79 Å². The Morgan fingerprint density at radius 3 is 2.44 bits per heavy atom. The molecule has 0 bridgehead atoms. The molecule has 124 valence electrons. The van der Waals surface area contributed by atoms with E-state index in [-0.39, 0.29) is 5.91 Å². The molecule has 0 atom stereocenters. The van der Waals surface area contributed by atoms with Gasteiger partial charge < -0.3 is 5.32 Å². The zero-order valence-corrected chi connectivity index (χ0v) is 14.8. The minimum absolute atomic E-state index is 0.106. The molecule has 25 heavy (non-hydrogen) atoms. The number of hydrogen-bond acceptors (Lipinski definition) is 3. The van der Waals surface area contributed by atoms with Gasteiger partial charge in [-0.3, -0.25) is 9.20 Å². The van der Waals surface area contributed by atoms with E-state index >= 15 is 0 Å². The third kappa shape index (κ3) is 3.06. The second-order valence-corrected chi connectivity index (χ2v) is 6.89. The number of carbonyl (C=O) groups is 1.